The van der Waals surface area contributed by atoms with Gasteiger partial charge in [0.1, 0.15) is 17.1 Å². The molecule has 22 nitrogen and oxygen atoms in total. The molecule has 8 N–H and O–H groups in total. The van der Waals surface area contributed by atoms with Crippen LogP contribution in [0.2, 0.25) is 5.02 Å². The first-order valence-electron chi connectivity index (χ1n) is 18.2. The molecule has 4 fully saturated rings. The number of aromatic nitrogens is 1. The fourth-order valence-corrected chi connectivity index (χ4v) is 9.81. The van der Waals surface area contributed by atoms with Crippen molar-refractivity contribution in [2.75, 3.05) is 51.5 Å². The number of carboxylic acid groups (broad SMARTS) is 2. The molecule has 0 spiro atoms. The first kappa shape index (κ1) is 43.0. The van der Waals surface area contributed by atoms with Gasteiger partial charge in [0.25, 0.3) is 17.7 Å². The predicted octanol–water partition coefficient (Wildman–Crippen LogP) is -1.58. The molecule has 4 saturated heterocycles. The number of hydrogen-bond acceptors (Lipinski definition) is 16. The first-order valence-corrected chi connectivity index (χ1v) is 20.3. The van der Waals surface area contributed by atoms with E-state index >= 15 is 0 Å². The largest absolute Gasteiger partial charge is 0.547 e. The summed E-state index contributed by atoms with van der Waals surface area (Å²) < 4.78 is 0.276. The number of carbonyl (C=O) groups excluding carboxylic acids is 6. The van der Waals surface area contributed by atoms with Crippen LogP contribution in [-0.4, -0.2) is 161 Å². The molecule has 1 aromatic carbocycles. The average Bonchev–Trinajstić information content (AvgIpc) is 3.95. The molecule has 0 bridgehead atoms. The number of carbonyl (C=O) groups is 7. The molecule has 1 aromatic heterocycles. The number of aliphatic carboxylic acids is 2. The number of quaternary nitrogens is 1. The molecular formula is C34H41ClN10O12S2. The third-order valence-corrected chi connectivity index (χ3v) is 13.2. The van der Waals surface area contributed by atoms with Crippen LogP contribution in [0.15, 0.2) is 22.7 Å². The summed E-state index contributed by atoms with van der Waals surface area (Å²) in [6.07, 6.45) is 1.61. The lowest BCUT2D eigenvalue weighted by Crippen LogP contribution is -2.68. The van der Waals surface area contributed by atoms with Crippen molar-refractivity contribution in [1.29, 1.82) is 0 Å². The van der Waals surface area contributed by atoms with Crippen molar-refractivity contribution in [2.24, 2.45) is 5.16 Å². The van der Waals surface area contributed by atoms with E-state index in [0.29, 0.717) is 31.4 Å². The highest BCUT2D eigenvalue weighted by Gasteiger charge is 2.65. The number of oxime groups is 1. The summed E-state index contributed by atoms with van der Waals surface area (Å²) in [4.78, 5) is 101. The number of urea groups is 1. The van der Waals surface area contributed by atoms with E-state index in [1.54, 1.807) is 6.92 Å². The Kier molecular flexibility index (Phi) is 11.8. The summed E-state index contributed by atoms with van der Waals surface area (Å²) in [6, 6.07) is -0.561. The molecule has 4 atom stereocenters. The number of rotatable bonds is 15. The van der Waals surface area contributed by atoms with Gasteiger partial charge in [0.15, 0.2) is 33.8 Å². The summed E-state index contributed by atoms with van der Waals surface area (Å²) in [5, 5.41) is 52.0. The molecule has 4 aliphatic rings. The second-order valence-corrected chi connectivity index (χ2v) is 17.7. The molecule has 0 saturated carbocycles. The highest BCUT2D eigenvalue weighted by Crippen LogP contribution is 2.50. The number of nitrogen functional groups attached to an aromatic ring is 1. The Morgan fingerprint density at radius 2 is 1.88 bits per heavy atom. The Morgan fingerprint density at radius 3 is 2.51 bits per heavy atom. The van der Waals surface area contributed by atoms with Crippen LogP contribution < -0.4 is 26.9 Å². The topological polar surface area (TPSA) is 310 Å². The molecule has 318 valence electrons. The van der Waals surface area contributed by atoms with Crippen molar-refractivity contribution in [1.82, 2.24) is 35.9 Å². The number of nitrogens with zero attached hydrogens (tertiary/aromatic N) is 6. The monoisotopic (exact) mass is 880 g/mol. The van der Waals surface area contributed by atoms with Crippen molar-refractivity contribution < 1.29 is 63.3 Å². The van der Waals surface area contributed by atoms with Crippen molar-refractivity contribution >= 4 is 87.1 Å². The number of anilines is 1. The van der Waals surface area contributed by atoms with Gasteiger partial charge >= 0.3 is 12.0 Å². The highest BCUT2D eigenvalue weighted by atomic mass is 35.5. The van der Waals surface area contributed by atoms with E-state index in [0.717, 1.165) is 40.2 Å². The molecule has 4 aliphatic heterocycles. The Morgan fingerprint density at radius 1 is 1.19 bits per heavy atom. The number of hydrogen-bond donors (Lipinski definition) is 7. The van der Waals surface area contributed by atoms with Crippen LogP contribution in [0.4, 0.5) is 9.93 Å². The van der Waals surface area contributed by atoms with Crippen LogP contribution in [0.3, 0.4) is 0 Å². The van der Waals surface area contributed by atoms with Crippen molar-refractivity contribution in [2.45, 2.75) is 61.5 Å². The van der Waals surface area contributed by atoms with Gasteiger partial charge in [-0.25, -0.2) is 19.6 Å². The summed E-state index contributed by atoms with van der Waals surface area (Å²) in [5.74, 6) is -6.97. The number of phenols is 2. The molecular weight excluding hydrogens is 840 g/mol. The van der Waals surface area contributed by atoms with E-state index in [2.05, 4.69) is 26.2 Å². The smallest absolute Gasteiger partial charge is 0.350 e. The van der Waals surface area contributed by atoms with Gasteiger partial charge in [-0.3, -0.25) is 29.5 Å². The highest BCUT2D eigenvalue weighted by molar-refractivity contribution is 8.02. The lowest BCUT2D eigenvalue weighted by molar-refractivity contribution is -0.908. The third-order valence-electron chi connectivity index (χ3n) is 10.5. The Labute approximate surface area is 348 Å². The van der Waals surface area contributed by atoms with Gasteiger partial charge in [-0.1, -0.05) is 28.5 Å². The minimum atomic E-state index is -2.12. The van der Waals surface area contributed by atoms with Crippen molar-refractivity contribution in [3.05, 3.63) is 33.8 Å². The number of nitrogens with one attached hydrogen (secondary N) is 3. The lowest BCUT2D eigenvalue weighted by atomic mass is 10.0. The van der Waals surface area contributed by atoms with Gasteiger partial charge in [0, 0.05) is 18.2 Å². The van der Waals surface area contributed by atoms with Gasteiger partial charge in [-0.2, -0.15) is 0 Å². The quantitative estimate of drug-likeness (QED) is 0.0349. The number of nitrogens with two attached hydrogens (primary N) is 1. The maximum Gasteiger partial charge on any atom is 0.350 e. The number of amides is 6. The SMILES string of the molecule is C[C@H]1CN(NC(=O)C[N+]2(CCNC(=O)c3ccc(O)c(O)c3Cl)CCCC2)C(=O)N1[C@]1(C(=O)[O-])CN2C(=O)[C@@H](NC(=O)/C(=N\OC(C)(C)C(=O)O)c3csc(N)n3)[C@H]2S1. The zero-order valence-electron chi connectivity index (χ0n) is 31.8. The van der Waals surface area contributed by atoms with Crippen LogP contribution in [-0.2, 0) is 28.8 Å². The van der Waals surface area contributed by atoms with Gasteiger partial charge in [-0.05, 0) is 32.9 Å². The normalized spacial score (nSPS) is 23.8. The number of fused-ring (bicyclic) bond motifs is 1. The maximum atomic E-state index is 13.9. The molecule has 6 amide bonds. The van der Waals surface area contributed by atoms with Crippen LogP contribution in [0, 0.1) is 0 Å². The number of carboxylic acids is 2. The number of aromatic hydroxyl groups is 2. The van der Waals surface area contributed by atoms with Crippen molar-refractivity contribution in [3.63, 3.8) is 0 Å². The minimum absolute atomic E-state index is 0.0476. The molecule has 5 heterocycles. The summed E-state index contributed by atoms with van der Waals surface area (Å²) in [5.41, 5.74) is 5.86. The molecule has 0 aliphatic carbocycles. The van der Waals surface area contributed by atoms with Gasteiger partial charge < -0.3 is 55.8 Å². The van der Waals surface area contributed by atoms with E-state index in [1.165, 1.54) is 30.2 Å². The van der Waals surface area contributed by atoms with Gasteiger partial charge in [0.05, 0.1) is 61.9 Å². The van der Waals surface area contributed by atoms with E-state index in [9.17, 15) is 54.0 Å². The average molecular weight is 881 g/mol. The van der Waals surface area contributed by atoms with Gasteiger partial charge in [-0.15, -0.1) is 11.3 Å². The lowest BCUT2D eigenvalue weighted by Gasteiger charge is -2.41. The summed E-state index contributed by atoms with van der Waals surface area (Å²) in [6.45, 7) is 4.96. The number of thiazole rings is 1. The van der Waals surface area contributed by atoms with Crippen LogP contribution in [0.25, 0.3) is 0 Å². The molecule has 0 unspecified atom stereocenters. The van der Waals surface area contributed by atoms with E-state index in [1.807, 2.05) is 0 Å². The van der Waals surface area contributed by atoms with E-state index in [-0.39, 0.29) is 45.5 Å². The van der Waals surface area contributed by atoms with Crippen LogP contribution >= 0.6 is 34.7 Å². The Balaban J connectivity index is 1.10. The Hall–Kier alpha value is -5.59. The van der Waals surface area contributed by atoms with Gasteiger partial charge in [0.2, 0.25) is 11.5 Å². The zero-order valence-corrected chi connectivity index (χ0v) is 34.2. The maximum absolute atomic E-state index is 13.9. The van der Waals surface area contributed by atoms with Crippen LogP contribution in [0.1, 0.15) is 49.7 Å². The summed E-state index contributed by atoms with van der Waals surface area (Å²) in [7, 11) is 0. The molecule has 6 rings (SSSR count). The van der Waals surface area contributed by atoms with E-state index < -0.39 is 93.3 Å². The fourth-order valence-electron chi connectivity index (χ4n) is 7.31. The fraction of sp³-hybridized carbons (Fsp3) is 0.500. The van der Waals surface area contributed by atoms with E-state index in [4.69, 9.17) is 22.2 Å². The second kappa shape index (κ2) is 16.2. The number of halogens is 1. The predicted molar refractivity (Wildman–Crippen MR) is 206 cm³/mol. The molecule has 25 heteroatoms. The Bertz CT molecular complexity index is 2130. The minimum Gasteiger partial charge on any atom is -0.547 e. The zero-order chi connectivity index (χ0) is 43.2. The number of thioether (sulfide) groups is 1. The molecule has 2 aromatic rings. The first-order chi connectivity index (χ1) is 27.7. The molecule has 59 heavy (non-hydrogen) atoms. The standard InChI is InChI=1S/C34H41ClN10O12S2/c1-16-12-43(40-20(47)13-45(9-4-5-10-45)11-8-37-25(49)17-6-7-19(46)24(48)21(17)35)32(56)44(16)34(30(54)55)15-42-27(51)23(28(42)59-34)39-26(50)22(18-14-58-31(36)38-18)41-57-33(2,3)29(52)53/h6-7,14,16,23,28H,4-5,8-13,15H2,1-3H3,(H8-,36,37,38,39,40,41,46,47,48,49,50,52,53,54,55)/t16-,23+,28+,34+/m0/s1. The van der Waals surface area contributed by atoms with Crippen molar-refractivity contribution in [3.8, 4) is 11.5 Å². The number of phenolic OH excluding ortho intramolecular Hbond substituents is 2. The number of likely N-dealkylation sites (tertiary alicyclic amines) is 1. The van der Waals surface area contributed by atoms with Crippen LogP contribution in [0.5, 0.6) is 11.5 Å². The number of benzene rings is 1. The summed E-state index contributed by atoms with van der Waals surface area (Å²) >= 11 is 7.69. The number of hydrazine groups is 1. The second-order valence-electron chi connectivity index (χ2n) is 15.0. The third kappa shape index (κ3) is 8.20. The number of β-lactam (4-membered cyclic amide) rings is 1. The molecule has 0 radical (unpaired) electrons.